The van der Waals surface area contributed by atoms with Crippen LogP contribution in [0.5, 0.6) is 0 Å². The van der Waals surface area contributed by atoms with E-state index in [0.717, 1.165) is 12.1 Å². The number of nitrogens with two attached hydrogens (primary N) is 1. The minimum Gasteiger partial charge on any atom is -0.348 e. The number of aromatic amines is 1. The summed E-state index contributed by atoms with van der Waals surface area (Å²) in [5.74, 6) is 0. The summed E-state index contributed by atoms with van der Waals surface area (Å²) >= 11 is 0. The molecule has 0 radical (unpaired) electrons. The highest BCUT2D eigenvalue weighted by atomic mass is 31.2. The van der Waals surface area contributed by atoms with Gasteiger partial charge in [0, 0.05) is 18.3 Å². The second kappa shape index (κ2) is 13.8. The molecule has 0 aliphatic carbocycles. The van der Waals surface area contributed by atoms with Crippen LogP contribution in [0.3, 0.4) is 0 Å². The van der Waals surface area contributed by atoms with Crippen LogP contribution in [-0.2, 0) is 15.6 Å². The molecule has 13 heteroatoms. The van der Waals surface area contributed by atoms with Gasteiger partial charge >= 0.3 is 15.6 Å². The Labute approximate surface area is 151 Å². The second-order valence-electron chi connectivity index (χ2n) is 4.80. The molecule has 0 saturated heterocycles. The molecular formula is C13H25N3O8P2. The zero-order valence-electron chi connectivity index (χ0n) is 14.3. The van der Waals surface area contributed by atoms with E-state index in [1.165, 1.54) is 11.1 Å². The molecule has 9 N–H and O–H groups in total. The van der Waals surface area contributed by atoms with E-state index in [2.05, 4.69) is 48.1 Å². The van der Waals surface area contributed by atoms with Gasteiger partial charge in [0.2, 0.25) is 0 Å². The second-order valence-corrected chi connectivity index (χ2v) is 6.85. The molecule has 0 atom stereocenters. The summed E-state index contributed by atoms with van der Waals surface area (Å²) in [6, 6.07) is 8.48. The third kappa shape index (κ3) is 30.5. The van der Waals surface area contributed by atoms with Crippen molar-refractivity contribution in [3.05, 3.63) is 53.6 Å². The Hall–Kier alpha value is -1.39. The van der Waals surface area contributed by atoms with Gasteiger partial charge < -0.3 is 40.1 Å². The van der Waals surface area contributed by atoms with Crippen LogP contribution in [0.1, 0.15) is 16.8 Å². The van der Waals surface area contributed by atoms with E-state index in [9.17, 15) is 0 Å². The lowest BCUT2D eigenvalue weighted by molar-refractivity contribution is 0.272. The van der Waals surface area contributed by atoms with Crippen LogP contribution in [0.4, 0.5) is 0 Å². The number of nitrogens with zero attached hydrogens (tertiary/aromatic N) is 1. The van der Waals surface area contributed by atoms with Gasteiger partial charge in [0.25, 0.3) is 0 Å². The molecule has 26 heavy (non-hydrogen) atoms. The van der Waals surface area contributed by atoms with Gasteiger partial charge in [-0.3, -0.25) is 0 Å². The first-order valence-corrected chi connectivity index (χ1v) is 10.1. The number of hydrogen-bond donors (Lipinski definition) is 8. The summed E-state index contributed by atoms with van der Waals surface area (Å²) in [4.78, 5) is 49.9. The maximum absolute atomic E-state index is 8.88. The Morgan fingerprint density at radius 3 is 1.50 bits per heavy atom. The molecule has 0 amide bonds. The number of phosphoric acid groups is 2. The highest BCUT2D eigenvalue weighted by Gasteiger charge is 2.00. The number of imidazole rings is 1. The minimum absolute atomic E-state index is 0.683. The van der Waals surface area contributed by atoms with Gasteiger partial charge in [-0.2, -0.15) is 0 Å². The molecule has 2 aromatic rings. The number of aromatic nitrogens is 2. The summed E-state index contributed by atoms with van der Waals surface area (Å²) in [5.41, 5.74) is 9.03. The maximum Gasteiger partial charge on any atom is 0.466 e. The van der Waals surface area contributed by atoms with E-state index in [1.54, 1.807) is 12.5 Å². The quantitative estimate of drug-likeness (QED) is 0.317. The van der Waals surface area contributed by atoms with Crippen molar-refractivity contribution in [2.24, 2.45) is 5.73 Å². The first-order valence-electron chi connectivity index (χ1n) is 6.99. The van der Waals surface area contributed by atoms with Crippen LogP contribution in [0.25, 0.3) is 0 Å². The SMILES string of the molecule is Cc1ccc(C)cc1.NCCc1cnc[nH]1.O=P(O)(O)O.O=P(O)(O)O. The summed E-state index contributed by atoms with van der Waals surface area (Å²) in [5, 5.41) is 0. The van der Waals surface area contributed by atoms with Crippen LogP contribution in [0.15, 0.2) is 36.8 Å². The van der Waals surface area contributed by atoms with Crippen molar-refractivity contribution in [2.75, 3.05) is 6.54 Å². The first kappa shape index (κ1) is 26.8. The zero-order valence-corrected chi connectivity index (χ0v) is 16.1. The lowest BCUT2D eigenvalue weighted by atomic mass is 10.2. The third-order valence-corrected chi connectivity index (χ3v) is 2.19. The Kier molecular flexibility index (Phi) is 14.2. The largest absolute Gasteiger partial charge is 0.466 e. The summed E-state index contributed by atoms with van der Waals surface area (Å²) < 4.78 is 17.8. The zero-order chi connectivity index (χ0) is 20.8. The van der Waals surface area contributed by atoms with Gasteiger partial charge in [0.1, 0.15) is 0 Å². The van der Waals surface area contributed by atoms with Crippen molar-refractivity contribution in [1.29, 1.82) is 0 Å². The highest BCUT2D eigenvalue weighted by Crippen LogP contribution is 2.26. The molecule has 150 valence electrons. The highest BCUT2D eigenvalue weighted by molar-refractivity contribution is 7.45. The smallest absolute Gasteiger partial charge is 0.348 e. The standard InChI is InChI=1S/C8H10.C5H9N3.2H3O4P/c1-7-3-5-8(2)6-4-7;6-2-1-5-3-7-4-8-5;2*1-5(2,3)4/h3-6H,1-2H3;3-4H,1-2,6H2,(H,7,8);2*(H3,1,2,3,4). The molecule has 1 aromatic heterocycles. The van der Waals surface area contributed by atoms with Crippen LogP contribution < -0.4 is 5.73 Å². The van der Waals surface area contributed by atoms with E-state index in [4.69, 9.17) is 44.2 Å². The predicted molar refractivity (Wildman–Crippen MR) is 95.8 cm³/mol. The molecular weight excluding hydrogens is 388 g/mol. The molecule has 2 rings (SSSR count). The van der Waals surface area contributed by atoms with E-state index >= 15 is 0 Å². The van der Waals surface area contributed by atoms with Crippen LogP contribution in [0, 0.1) is 13.8 Å². The van der Waals surface area contributed by atoms with Gasteiger partial charge in [0.15, 0.2) is 0 Å². The monoisotopic (exact) mass is 413 g/mol. The maximum atomic E-state index is 8.88. The van der Waals surface area contributed by atoms with Gasteiger partial charge in [-0.05, 0) is 20.4 Å². The van der Waals surface area contributed by atoms with Crippen molar-refractivity contribution in [2.45, 2.75) is 20.3 Å². The van der Waals surface area contributed by atoms with Gasteiger partial charge in [-0.15, -0.1) is 0 Å². The minimum atomic E-state index is -4.64. The van der Waals surface area contributed by atoms with Gasteiger partial charge in [-0.1, -0.05) is 35.4 Å². The molecule has 1 heterocycles. The van der Waals surface area contributed by atoms with Crippen molar-refractivity contribution in [3.63, 3.8) is 0 Å². The number of nitrogens with one attached hydrogen (secondary N) is 1. The average Bonchev–Trinajstić information content (AvgIpc) is 2.93. The fraction of sp³-hybridized carbons (Fsp3) is 0.308. The third-order valence-electron chi connectivity index (χ3n) is 2.19. The molecule has 0 aliphatic rings. The van der Waals surface area contributed by atoms with Crippen LogP contribution >= 0.6 is 15.6 Å². The van der Waals surface area contributed by atoms with Crippen molar-refractivity contribution in [3.8, 4) is 0 Å². The van der Waals surface area contributed by atoms with E-state index in [0.29, 0.717) is 6.54 Å². The van der Waals surface area contributed by atoms with Crippen molar-refractivity contribution >= 4 is 15.6 Å². The first-order chi connectivity index (χ1) is 11.7. The van der Waals surface area contributed by atoms with Crippen molar-refractivity contribution in [1.82, 2.24) is 9.97 Å². The van der Waals surface area contributed by atoms with Gasteiger partial charge in [-0.25, -0.2) is 14.1 Å². The number of rotatable bonds is 2. The Balaban J connectivity index is 0. The number of benzene rings is 1. The van der Waals surface area contributed by atoms with E-state index in [-0.39, 0.29) is 0 Å². The fourth-order valence-electron chi connectivity index (χ4n) is 1.21. The molecule has 0 fully saturated rings. The molecule has 0 saturated carbocycles. The number of hydrogen-bond acceptors (Lipinski definition) is 4. The molecule has 0 unspecified atom stereocenters. The number of aryl methyl sites for hydroxylation is 2. The molecule has 0 aliphatic heterocycles. The Morgan fingerprint density at radius 2 is 1.27 bits per heavy atom. The lowest BCUT2D eigenvalue weighted by Crippen LogP contribution is -2.02. The van der Waals surface area contributed by atoms with Gasteiger partial charge in [0.05, 0.1) is 6.33 Å². The Morgan fingerprint density at radius 1 is 0.923 bits per heavy atom. The Bertz CT molecular complexity index is 610. The van der Waals surface area contributed by atoms with E-state index < -0.39 is 15.6 Å². The lowest BCUT2D eigenvalue weighted by Gasteiger charge is -1.90. The predicted octanol–water partition coefficient (Wildman–Crippen LogP) is 0.357. The topological polar surface area (TPSA) is 210 Å². The summed E-state index contributed by atoms with van der Waals surface area (Å²) in [6.45, 7) is 4.88. The fourth-order valence-corrected chi connectivity index (χ4v) is 1.21. The number of H-pyrrole nitrogens is 1. The molecule has 0 spiro atoms. The van der Waals surface area contributed by atoms with Crippen molar-refractivity contribution < 1.29 is 38.5 Å². The normalized spacial score (nSPS) is 10.3. The van der Waals surface area contributed by atoms with E-state index in [1.807, 2.05) is 0 Å². The summed E-state index contributed by atoms with van der Waals surface area (Å²) in [6.07, 6.45) is 4.33. The van der Waals surface area contributed by atoms with Crippen LogP contribution in [0.2, 0.25) is 0 Å². The molecule has 1 aromatic carbocycles. The summed E-state index contributed by atoms with van der Waals surface area (Å²) in [7, 11) is -9.28. The molecule has 0 bridgehead atoms. The average molecular weight is 413 g/mol. The van der Waals surface area contributed by atoms with Crippen LogP contribution in [-0.4, -0.2) is 45.9 Å². The molecule has 11 nitrogen and oxygen atoms in total.